The predicted octanol–water partition coefficient (Wildman–Crippen LogP) is 3.70. The first-order chi connectivity index (χ1) is 17.6. The Labute approximate surface area is 210 Å². The summed E-state index contributed by atoms with van der Waals surface area (Å²) in [6, 6.07) is 13.1. The first-order valence-electron chi connectivity index (χ1n) is 12.0. The highest BCUT2D eigenvalue weighted by atomic mass is 16.5. The van der Waals surface area contributed by atoms with E-state index < -0.39 is 0 Å². The Morgan fingerprint density at radius 2 is 1.94 bits per heavy atom. The fourth-order valence-corrected chi connectivity index (χ4v) is 4.15. The number of anilines is 1. The number of aryl methyl sites for hydroxylation is 1. The number of ether oxygens (including phenoxy) is 3. The molecule has 1 saturated heterocycles. The summed E-state index contributed by atoms with van der Waals surface area (Å²) in [7, 11) is 0. The fraction of sp³-hybridized carbons (Fsp3) is 0.333. The molecule has 0 radical (unpaired) electrons. The van der Waals surface area contributed by atoms with E-state index in [9.17, 15) is 9.59 Å². The monoisotopic (exact) mass is 490 g/mol. The van der Waals surface area contributed by atoms with Gasteiger partial charge in [0.25, 0.3) is 12.4 Å². The Balaban J connectivity index is 1.34. The van der Waals surface area contributed by atoms with Gasteiger partial charge in [-0.05, 0) is 62.1 Å². The maximum atomic E-state index is 12.6. The lowest BCUT2D eigenvalue weighted by Crippen LogP contribution is -2.42. The van der Waals surface area contributed by atoms with Crippen LogP contribution < -0.4 is 24.4 Å². The lowest BCUT2D eigenvalue weighted by molar-refractivity contribution is -0.120. The summed E-state index contributed by atoms with van der Waals surface area (Å²) >= 11 is 0. The number of carbonyl (C=O) groups excluding carboxylic acids is 2. The normalized spacial score (nSPS) is 15.2. The van der Waals surface area contributed by atoms with Crippen LogP contribution in [0.1, 0.15) is 41.3 Å². The molecule has 0 unspecified atom stereocenters. The number of aromatic nitrogens is 2. The highest BCUT2D eigenvalue weighted by molar-refractivity contribution is 5.93. The van der Waals surface area contributed by atoms with Gasteiger partial charge in [0.15, 0.2) is 11.5 Å². The van der Waals surface area contributed by atoms with Gasteiger partial charge >= 0.3 is 0 Å². The van der Waals surface area contributed by atoms with Gasteiger partial charge < -0.3 is 24.4 Å². The van der Waals surface area contributed by atoms with Crippen molar-refractivity contribution in [1.29, 1.82) is 0 Å². The standard InChI is InChI=1S/C27H30N4O5/c1-3-34-24-8-4-5-9-25(24)36-22-7-6-10-31(17-22)27-29-15-21(16-30-27)26(33)28-14-20-11-19(2)12-23(13-20)35-18-32/h4-5,8-9,11-13,15-16,18,22H,3,6-7,10,14,17H2,1-2H3,(H,28,33)/t22-/m1/s1. The van der Waals surface area contributed by atoms with E-state index in [0.29, 0.717) is 36.9 Å². The Morgan fingerprint density at radius 3 is 2.69 bits per heavy atom. The number of para-hydroxylation sites is 2. The van der Waals surface area contributed by atoms with Crippen LogP contribution in [0.15, 0.2) is 54.9 Å². The van der Waals surface area contributed by atoms with Crippen molar-refractivity contribution in [2.24, 2.45) is 0 Å². The molecule has 1 aliphatic rings. The lowest BCUT2D eigenvalue weighted by atomic mass is 10.1. The number of benzene rings is 2. The molecule has 1 amide bonds. The minimum atomic E-state index is -0.284. The number of carbonyl (C=O) groups is 2. The molecule has 1 N–H and O–H groups in total. The number of piperidine rings is 1. The highest BCUT2D eigenvalue weighted by Crippen LogP contribution is 2.29. The first-order valence-corrected chi connectivity index (χ1v) is 12.0. The summed E-state index contributed by atoms with van der Waals surface area (Å²) in [5, 5.41) is 2.85. The van der Waals surface area contributed by atoms with E-state index in [1.807, 2.05) is 44.2 Å². The van der Waals surface area contributed by atoms with Crippen LogP contribution in [0.25, 0.3) is 0 Å². The van der Waals surface area contributed by atoms with Crippen LogP contribution in [0, 0.1) is 6.92 Å². The van der Waals surface area contributed by atoms with Gasteiger partial charge in [0.1, 0.15) is 11.9 Å². The molecule has 1 aromatic heterocycles. The van der Waals surface area contributed by atoms with Crippen LogP contribution >= 0.6 is 0 Å². The van der Waals surface area contributed by atoms with Gasteiger partial charge in [0, 0.05) is 25.5 Å². The molecule has 2 heterocycles. The van der Waals surface area contributed by atoms with Crippen molar-refractivity contribution in [3.05, 3.63) is 71.5 Å². The number of hydrogen-bond acceptors (Lipinski definition) is 8. The minimum Gasteiger partial charge on any atom is -0.490 e. The molecule has 0 saturated carbocycles. The van der Waals surface area contributed by atoms with Crippen LogP contribution in [0.5, 0.6) is 17.2 Å². The van der Waals surface area contributed by atoms with Crippen LogP contribution in [-0.4, -0.2) is 48.1 Å². The average molecular weight is 491 g/mol. The smallest absolute Gasteiger partial charge is 0.298 e. The predicted molar refractivity (Wildman–Crippen MR) is 135 cm³/mol. The third kappa shape index (κ3) is 6.50. The number of nitrogens with zero attached hydrogens (tertiary/aromatic N) is 3. The molecule has 1 atom stereocenters. The van der Waals surface area contributed by atoms with Crippen LogP contribution in [-0.2, 0) is 11.3 Å². The molecule has 0 aliphatic carbocycles. The fourth-order valence-electron chi connectivity index (χ4n) is 4.15. The quantitative estimate of drug-likeness (QED) is 0.429. The van der Waals surface area contributed by atoms with Crippen LogP contribution in [0.2, 0.25) is 0 Å². The van der Waals surface area contributed by atoms with Crippen molar-refractivity contribution >= 4 is 18.3 Å². The number of amides is 1. The summed E-state index contributed by atoms with van der Waals surface area (Å²) in [5.41, 5.74) is 2.12. The highest BCUT2D eigenvalue weighted by Gasteiger charge is 2.24. The van der Waals surface area contributed by atoms with Crippen molar-refractivity contribution in [2.75, 3.05) is 24.6 Å². The van der Waals surface area contributed by atoms with Gasteiger partial charge in [0.05, 0.1) is 18.7 Å². The second-order valence-electron chi connectivity index (χ2n) is 8.53. The van der Waals surface area contributed by atoms with E-state index in [4.69, 9.17) is 14.2 Å². The van der Waals surface area contributed by atoms with E-state index >= 15 is 0 Å². The largest absolute Gasteiger partial charge is 0.490 e. The number of nitrogens with one attached hydrogen (secondary N) is 1. The summed E-state index contributed by atoms with van der Waals surface area (Å²) < 4.78 is 16.8. The van der Waals surface area contributed by atoms with Gasteiger partial charge in [-0.2, -0.15) is 0 Å². The molecule has 3 aromatic rings. The van der Waals surface area contributed by atoms with Crippen molar-refractivity contribution < 1.29 is 23.8 Å². The molecule has 2 aromatic carbocycles. The SMILES string of the molecule is CCOc1ccccc1O[C@@H]1CCCN(c2ncc(C(=O)NCc3cc(C)cc(OC=O)c3)cn2)C1. The molecule has 9 heteroatoms. The topological polar surface area (TPSA) is 103 Å². The molecule has 0 bridgehead atoms. The van der Waals surface area contributed by atoms with Gasteiger partial charge in [-0.3, -0.25) is 9.59 Å². The van der Waals surface area contributed by atoms with E-state index in [1.54, 1.807) is 12.1 Å². The number of rotatable bonds is 10. The van der Waals surface area contributed by atoms with Gasteiger partial charge in [-0.1, -0.05) is 18.2 Å². The van der Waals surface area contributed by atoms with Gasteiger partial charge in [-0.15, -0.1) is 0 Å². The van der Waals surface area contributed by atoms with Crippen LogP contribution in [0.4, 0.5) is 5.95 Å². The molecule has 188 valence electrons. The molecule has 36 heavy (non-hydrogen) atoms. The Hall–Kier alpha value is -4.14. The average Bonchev–Trinajstić information content (AvgIpc) is 2.89. The zero-order valence-electron chi connectivity index (χ0n) is 20.5. The second kappa shape index (κ2) is 12.0. The Kier molecular flexibility index (Phi) is 8.33. The maximum absolute atomic E-state index is 12.6. The van der Waals surface area contributed by atoms with Crippen LogP contribution in [0.3, 0.4) is 0 Å². The summed E-state index contributed by atoms with van der Waals surface area (Å²) in [4.78, 5) is 34.2. The third-order valence-electron chi connectivity index (χ3n) is 5.75. The molecular weight excluding hydrogens is 460 g/mol. The maximum Gasteiger partial charge on any atom is 0.298 e. The van der Waals surface area contributed by atoms with Crippen molar-refractivity contribution in [2.45, 2.75) is 39.3 Å². The van der Waals surface area contributed by atoms with E-state index in [2.05, 4.69) is 20.2 Å². The summed E-state index contributed by atoms with van der Waals surface area (Å²) in [5.74, 6) is 2.19. The Bertz CT molecular complexity index is 1190. The van der Waals surface area contributed by atoms with E-state index in [1.165, 1.54) is 12.4 Å². The van der Waals surface area contributed by atoms with Crippen molar-refractivity contribution in [3.63, 3.8) is 0 Å². The van der Waals surface area contributed by atoms with Gasteiger partial charge in [0.2, 0.25) is 5.95 Å². The van der Waals surface area contributed by atoms with E-state index in [0.717, 1.165) is 42.0 Å². The molecule has 4 rings (SSSR count). The molecular formula is C27H30N4O5. The minimum absolute atomic E-state index is 0.0191. The summed E-state index contributed by atoms with van der Waals surface area (Å²) in [6.07, 6.45) is 4.91. The molecule has 9 nitrogen and oxygen atoms in total. The zero-order chi connectivity index (χ0) is 25.3. The first kappa shape index (κ1) is 25.0. The molecule has 1 aliphatic heterocycles. The molecule has 1 fully saturated rings. The van der Waals surface area contributed by atoms with Gasteiger partial charge in [-0.25, -0.2) is 9.97 Å². The van der Waals surface area contributed by atoms with Crippen molar-refractivity contribution in [1.82, 2.24) is 15.3 Å². The second-order valence-corrected chi connectivity index (χ2v) is 8.53. The molecule has 0 spiro atoms. The van der Waals surface area contributed by atoms with Crippen molar-refractivity contribution in [3.8, 4) is 17.2 Å². The van der Waals surface area contributed by atoms with E-state index in [-0.39, 0.29) is 18.6 Å². The third-order valence-corrected chi connectivity index (χ3v) is 5.75. The Morgan fingerprint density at radius 1 is 1.17 bits per heavy atom. The zero-order valence-corrected chi connectivity index (χ0v) is 20.5. The number of hydrogen-bond donors (Lipinski definition) is 1. The lowest BCUT2D eigenvalue weighted by Gasteiger charge is -2.33. The summed E-state index contributed by atoms with van der Waals surface area (Å²) in [6.45, 7) is 6.54.